The molecule has 0 aliphatic heterocycles. The molecule has 30 heavy (non-hydrogen) atoms. The molecule has 2 N–H and O–H groups in total. The molecule has 0 radical (unpaired) electrons. The van der Waals surface area contributed by atoms with Crippen LogP contribution in [0.15, 0.2) is 24.3 Å². The lowest BCUT2D eigenvalue weighted by Gasteiger charge is -2.08. The van der Waals surface area contributed by atoms with E-state index in [0.29, 0.717) is 30.8 Å². The van der Waals surface area contributed by atoms with E-state index in [-0.39, 0.29) is 11.8 Å². The van der Waals surface area contributed by atoms with E-state index >= 15 is 0 Å². The van der Waals surface area contributed by atoms with E-state index in [1.165, 1.54) is 57.8 Å². The van der Waals surface area contributed by atoms with Gasteiger partial charge in [-0.15, -0.1) is 0 Å². The van der Waals surface area contributed by atoms with Crippen LogP contribution in [-0.2, 0) is 9.53 Å². The lowest BCUT2D eigenvalue weighted by Crippen LogP contribution is -2.25. The van der Waals surface area contributed by atoms with E-state index in [9.17, 15) is 9.59 Å². The quantitative estimate of drug-likeness (QED) is 0.283. The molecular weight excluding hydrogens is 376 g/mol. The molecule has 0 saturated heterocycles. The molecule has 0 bridgehead atoms. The van der Waals surface area contributed by atoms with Crippen molar-refractivity contribution in [3.63, 3.8) is 0 Å². The molecule has 5 nitrogen and oxygen atoms in total. The molecule has 170 valence electrons. The number of carbonyl (C=O) groups is 2. The third kappa shape index (κ3) is 13.4. The molecule has 0 atom stereocenters. The molecular formula is C25H42N2O3. The molecule has 0 aromatic heterocycles. The van der Waals surface area contributed by atoms with Gasteiger partial charge in [0.1, 0.15) is 0 Å². The molecule has 1 rings (SSSR count). The van der Waals surface area contributed by atoms with Crippen LogP contribution in [0.1, 0.15) is 101 Å². The van der Waals surface area contributed by atoms with Gasteiger partial charge in [0.25, 0.3) is 5.91 Å². The van der Waals surface area contributed by atoms with Crippen LogP contribution in [0.3, 0.4) is 0 Å². The highest BCUT2D eigenvalue weighted by Crippen LogP contribution is 2.14. The van der Waals surface area contributed by atoms with E-state index in [1.54, 1.807) is 25.3 Å². The summed E-state index contributed by atoms with van der Waals surface area (Å²) in [5.41, 5.74) is 1.23. The van der Waals surface area contributed by atoms with Gasteiger partial charge >= 0.3 is 0 Å². The Morgan fingerprint density at radius 2 is 1.50 bits per heavy atom. The average molecular weight is 419 g/mol. The summed E-state index contributed by atoms with van der Waals surface area (Å²) in [5, 5.41) is 5.77. The molecule has 0 aliphatic carbocycles. The van der Waals surface area contributed by atoms with E-state index in [4.69, 9.17) is 4.74 Å². The van der Waals surface area contributed by atoms with Crippen LogP contribution in [0, 0.1) is 0 Å². The Balaban J connectivity index is 2.13. The van der Waals surface area contributed by atoms with Gasteiger partial charge in [-0.1, -0.05) is 77.2 Å². The van der Waals surface area contributed by atoms with Gasteiger partial charge in [-0.05, 0) is 31.0 Å². The van der Waals surface area contributed by atoms with Crippen LogP contribution in [0.2, 0.25) is 0 Å². The number of amides is 2. The van der Waals surface area contributed by atoms with Crippen molar-refractivity contribution in [3.05, 3.63) is 29.8 Å². The van der Waals surface area contributed by atoms with Crippen LogP contribution in [0.5, 0.6) is 0 Å². The number of hydrogen-bond donors (Lipinski definition) is 2. The Morgan fingerprint density at radius 1 is 0.867 bits per heavy atom. The van der Waals surface area contributed by atoms with Crippen molar-refractivity contribution < 1.29 is 14.3 Å². The maximum atomic E-state index is 12.2. The number of hydrogen-bond acceptors (Lipinski definition) is 3. The van der Waals surface area contributed by atoms with E-state index < -0.39 is 0 Å². The van der Waals surface area contributed by atoms with Crippen LogP contribution in [0.4, 0.5) is 5.69 Å². The number of ether oxygens (including phenoxy) is 1. The maximum absolute atomic E-state index is 12.2. The Bertz CT molecular complexity index is 590. The van der Waals surface area contributed by atoms with E-state index in [2.05, 4.69) is 17.6 Å². The fourth-order valence-corrected chi connectivity index (χ4v) is 3.43. The number of anilines is 1. The second kappa shape index (κ2) is 17.9. The third-order valence-corrected chi connectivity index (χ3v) is 5.23. The van der Waals surface area contributed by atoms with Crippen molar-refractivity contribution in [2.45, 2.75) is 90.4 Å². The summed E-state index contributed by atoms with van der Waals surface area (Å²) in [6.07, 6.45) is 15.3. The zero-order chi connectivity index (χ0) is 21.9. The number of benzene rings is 1. The standard InChI is InChI=1S/C25H42N2O3/c1-3-4-5-6-7-8-9-10-11-12-13-18-24(28)27-23-17-14-16-22(21-23)25(29)26-19-15-20-30-2/h14,16-17,21H,3-13,15,18-20H2,1-2H3,(H,26,29)(H,27,28). The van der Waals surface area contributed by atoms with Gasteiger partial charge in [0.2, 0.25) is 5.91 Å². The number of unbranched alkanes of at least 4 members (excludes halogenated alkanes) is 10. The lowest BCUT2D eigenvalue weighted by atomic mass is 10.1. The largest absolute Gasteiger partial charge is 0.385 e. The summed E-state index contributed by atoms with van der Waals surface area (Å²) in [6.45, 7) is 3.44. The Kier molecular flexibility index (Phi) is 15.6. The van der Waals surface area contributed by atoms with Gasteiger partial charge in [-0.2, -0.15) is 0 Å². The average Bonchev–Trinajstić information content (AvgIpc) is 2.75. The summed E-state index contributed by atoms with van der Waals surface area (Å²) in [5.74, 6) is -0.115. The maximum Gasteiger partial charge on any atom is 0.251 e. The normalized spacial score (nSPS) is 10.7. The minimum atomic E-state index is -0.132. The summed E-state index contributed by atoms with van der Waals surface area (Å²) in [6, 6.07) is 7.09. The predicted molar refractivity (Wildman–Crippen MR) is 125 cm³/mol. The Labute approximate surface area is 183 Å². The van der Waals surface area contributed by atoms with Crippen molar-refractivity contribution in [2.75, 3.05) is 25.6 Å². The summed E-state index contributed by atoms with van der Waals surface area (Å²) in [4.78, 5) is 24.3. The molecule has 0 fully saturated rings. The summed E-state index contributed by atoms with van der Waals surface area (Å²) < 4.78 is 4.97. The van der Waals surface area contributed by atoms with Crippen molar-refractivity contribution in [2.24, 2.45) is 0 Å². The first-order valence-corrected chi connectivity index (χ1v) is 11.8. The molecule has 0 heterocycles. The highest BCUT2D eigenvalue weighted by atomic mass is 16.5. The van der Waals surface area contributed by atoms with Gasteiger partial charge in [0.05, 0.1) is 0 Å². The van der Waals surface area contributed by atoms with Crippen LogP contribution >= 0.6 is 0 Å². The topological polar surface area (TPSA) is 67.4 Å². The van der Waals surface area contributed by atoms with Crippen LogP contribution < -0.4 is 10.6 Å². The highest BCUT2D eigenvalue weighted by Gasteiger charge is 2.07. The van der Waals surface area contributed by atoms with Gasteiger partial charge in [0.15, 0.2) is 0 Å². The van der Waals surface area contributed by atoms with Gasteiger partial charge < -0.3 is 15.4 Å². The third-order valence-electron chi connectivity index (χ3n) is 5.23. The van der Waals surface area contributed by atoms with Crippen LogP contribution in [-0.4, -0.2) is 32.1 Å². The first kappa shape index (κ1) is 26.2. The highest BCUT2D eigenvalue weighted by molar-refractivity contribution is 5.97. The number of carbonyl (C=O) groups excluding carboxylic acids is 2. The van der Waals surface area contributed by atoms with Crippen LogP contribution in [0.25, 0.3) is 0 Å². The second-order valence-corrected chi connectivity index (χ2v) is 8.02. The van der Waals surface area contributed by atoms with Crippen molar-refractivity contribution >= 4 is 17.5 Å². The fraction of sp³-hybridized carbons (Fsp3) is 0.680. The number of methoxy groups -OCH3 is 1. The van der Waals surface area contributed by atoms with Gasteiger partial charge in [-0.25, -0.2) is 0 Å². The molecule has 2 amide bonds. The first-order chi connectivity index (χ1) is 14.7. The molecule has 5 heteroatoms. The SMILES string of the molecule is CCCCCCCCCCCCCC(=O)Nc1cccc(C(=O)NCCCOC)c1. The lowest BCUT2D eigenvalue weighted by molar-refractivity contribution is -0.116. The minimum absolute atomic E-state index is 0.0172. The predicted octanol–water partition coefficient (Wildman–Crippen LogP) is 6.09. The molecule has 0 unspecified atom stereocenters. The van der Waals surface area contributed by atoms with E-state index in [1.807, 2.05) is 6.07 Å². The monoisotopic (exact) mass is 418 g/mol. The minimum Gasteiger partial charge on any atom is -0.385 e. The molecule has 0 aliphatic rings. The van der Waals surface area contributed by atoms with E-state index in [0.717, 1.165) is 19.3 Å². The first-order valence-electron chi connectivity index (χ1n) is 11.8. The van der Waals surface area contributed by atoms with Gasteiger partial charge in [-0.3, -0.25) is 9.59 Å². The summed E-state index contributed by atoms with van der Waals surface area (Å²) >= 11 is 0. The van der Waals surface area contributed by atoms with Crippen molar-refractivity contribution in [1.29, 1.82) is 0 Å². The number of nitrogens with one attached hydrogen (secondary N) is 2. The fourth-order valence-electron chi connectivity index (χ4n) is 3.43. The molecule has 0 saturated carbocycles. The number of rotatable bonds is 18. The molecule has 0 spiro atoms. The zero-order valence-corrected chi connectivity index (χ0v) is 19.1. The molecule has 1 aromatic rings. The van der Waals surface area contributed by atoms with Gasteiger partial charge in [0, 0.05) is 37.9 Å². The summed E-state index contributed by atoms with van der Waals surface area (Å²) in [7, 11) is 1.64. The Morgan fingerprint density at radius 3 is 2.13 bits per heavy atom. The second-order valence-electron chi connectivity index (χ2n) is 8.02. The smallest absolute Gasteiger partial charge is 0.251 e. The van der Waals surface area contributed by atoms with Crippen molar-refractivity contribution in [1.82, 2.24) is 5.32 Å². The zero-order valence-electron chi connectivity index (χ0n) is 19.1. The van der Waals surface area contributed by atoms with Crippen molar-refractivity contribution in [3.8, 4) is 0 Å². The molecule has 1 aromatic carbocycles. The Hall–Kier alpha value is -1.88.